The Morgan fingerprint density at radius 2 is 2.37 bits per heavy atom. The molecule has 19 heavy (non-hydrogen) atoms. The van der Waals surface area contributed by atoms with Gasteiger partial charge >= 0.3 is 5.69 Å². The van der Waals surface area contributed by atoms with E-state index in [9.17, 15) is 4.79 Å². The van der Waals surface area contributed by atoms with Crippen LogP contribution < -0.4 is 15.9 Å². The molecule has 98 valence electrons. The number of H-pyrrole nitrogens is 1. The number of hydrogen-bond donors (Lipinski definition) is 2. The van der Waals surface area contributed by atoms with Crippen LogP contribution in [0.15, 0.2) is 46.4 Å². The van der Waals surface area contributed by atoms with Crippen LogP contribution in [-0.2, 0) is 0 Å². The normalized spacial score (nSPS) is 10.6. The lowest BCUT2D eigenvalue weighted by Crippen LogP contribution is -2.10. The summed E-state index contributed by atoms with van der Waals surface area (Å²) in [6.07, 6.45) is 3.05. The van der Waals surface area contributed by atoms with Crippen LogP contribution in [0.3, 0.4) is 0 Å². The van der Waals surface area contributed by atoms with Crippen LogP contribution in [0.1, 0.15) is 12.5 Å². The molecule has 0 radical (unpaired) electrons. The van der Waals surface area contributed by atoms with Crippen molar-refractivity contribution in [2.24, 2.45) is 5.10 Å². The molecule has 0 aliphatic carbocycles. The quantitative estimate of drug-likeness (QED) is 0.631. The lowest BCUT2D eigenvalue weighted by molar-refractivity contribution is 0.340. The van der Waals surface area contributed by atoms with Gasteiger partial charge in [-0.25, -0.2) is 9.78 Å². The zero-order valence-electron chi connectivity index (χ0n) is 10.5. The molecule has 2 aromatic rings. The van der Waals surface area contributed by atoms with Gasteiger partial charge in [-0.2, -0.15) is 5.10 Å². The van der Waals surface area contributed by atoms with E-state index >= 15 is 0 Å². The summed E-state index contributed by atoms with van der Waals surface area (Å²) in [6.45, 7) is 2.55. The lowest BCUT2D eigenvalue weighted by atomic mass is 10.2. The number of nitrogens with zero attached hydrogens (tertiary/aromatic N) is 2. The summed E-state index contributed by atoms with van der Waals surface area (Å²) in [5, 5.41) is 4.03. The Labute approximate surface area is 110 Å². The number of ether oxygens (including phenoxy) is 1. The highest BCUT2D eigenvalue weighted by Crippen LogP contribution is 2.11. The third-order valence-corrected chi connectivity index (χ3v) is 2.24. The smallest absolute Gasteiger partial charge is 0.346 e. The Balaban J connectivity index is 2.02. The molecule has 6 heteroatoms. The van der Waals surface area contributed by atoms with Gasteiger partial charge in [-0.3, -0.25) is 10.4 Å². The second kappa shape index (κ2) is 6.34. The summed E-state index contributed by atoms with van der Waals surface area (Å²) in [5.74, 6) is 1.28. The maximum absolute atomic E-state index is 11.0. The van der Waals surface area contributed by atoms with Crippen molar-refractivity contribution >= 4 is 12.0 Å². The van der Waals surface area contributed by atoms with Crippen LogP contribution in [0.2, 0.25) is 0 Å². The molecule has 0 aliphatic rings. The van der Waals surface area contributed by atoms with Gasteiger partial charge in [0.05, 0.1) is 12.8 Å². The van der Waals surface area contributed by atoms with Crippen molar-refractivity contribution in [3.63, 3.8) is 0 Å². The Hall–Kier alpha value is -2.63. The monoisotopic (exact) mass is 258 g/mol. The largest absolute Gasteiger partial charge is 0.494 e. The lowest BCUT2D eigenvalue weighted by Gasteiger charge is -2.03. The summed E-state index contributed by atoms with van der Waals surface area (Å²) >= 11 is 0. The van der Waals surface area contributed by atoms with Crippen LogP contribution in [0.4, 0.5) is 5.82 Å². The number of aromatic nitrogens is 2. The highest BCUT2D eigenvalue weighted by molar-refractivity contribution is 5.80. The topological polar surface area (TPSA) is 79.4 Å². The third kappa shape index (κ3) is 3.95. The second-order valence-corrected chi connectivity index (χ2v) is 3.66. The molecular weight excluding hydrogens is 244 g/mol. The van der Waals surface area contributed by atoms with E-state index < -0.39 is 5.69 Å². The van der Waals surface area contributed by atoms with E-state index in [4.69, 9.17) is 4.74 Å². The van der Waals surface area contributed by atoms with E-state index in [1.165, 1.54) is 6.20 Å². The van der Waals surface area contributed by atoms with E-state index in [-0.39, 0.29) is 0 Å². The molecule has 0 saturated heterocycles. The summed E-state index contributed by atoms with van der Waals surface area (Å²) < 4.78 is 5.39. The van der Waals surface area contributed by atoms with Crippen molar-refractivity contribution in [1.82, 2.24) is 9.97 Å². The number of rotatable bonds is 5. The molecule has 0 bridgehead atoms. The van der Waals surface area contributed by atoms with Crippen LogP contribution in [-0.4, -0.2) is 22.8 Å². The molecule has 2 N–H and O–H groups in total. The van der Waals surface area contributed by atoms with Crippen molar-refractivity contribution in [3.05, 3.63) is 52.6 Å². The molecule has 0 spiro atoms. The highest BCUT2D eigenvalue weighted by atomic mass is 16.5. The van der Waals surface area contributed by atoms with Gasteiger partial charge in [-0.05, 0) is 30.7 Å². The van der Waals surface area contributed by atoms with Crippen molar-refractivity contribution < 1.29 is 4.74 Å². The number of aromatic amines is 1. The van der Waals surface area contributed by atoms with Gasteiger partial charge in [0.15, 0.2) is 0 Å². The molecule has 0 saturated carbocycles. The molecule has 0 atom stereocenters. The summed E-state index contributed by atoms with van der Waals surface area (Å²) in [4.78, 5) is 17.0. The van der Waals surface area contributed by atoms with Gasteiger partial charge in [0.25, 0.3) is 0 Å². The molecule has 0 amide bonds. The number of hydrogen-bond acceptors (Lipinski definition) is 5. The van der Waals surface area contributed by atoms with Crippen molar-refractivity contribution in [2.75, 3.05) is 12.0 Å². The first-order valence-electron chi connectivity index (χ1n) is 5.85. The number of hydrazone groups is 1. The highest BCUT2D eigenvalue weighted by Gasteiger charge is 1.94. The van der Waals surface area contributed by atoms with Crippen LogP contribution in [0.5, 0.6) is 5.75 Å². The van der Waals surface area contributed by atoms with E-state index in [0.29, 0.717) is 12.4 Å². The fraction of sp³-hybridized carbons (Fsp3) is 0.154. The molecule has 1 heterocycles. The van der Waals surface area contributed by atoms with Crippen molar-refractivity contribution in [3.8, 4) is 5.75 Å². The first kappa shape index (κ1) is 12.8. The molecule has 2 rings (SSSR count). The molecular formula is C13H14N4O2. The summed E-state index contributed by atoms with van der Waals surface area (Å²) in [5.41, 5.74) is 3.20. The summed E-state index contributed by atoms with van der Waals surface area (Å²) in [6, 6.07) is 9.18. The fourth-order valence-electron chi connectivity index (χ4n) is 1.46. The van der Waals surface area contributed by atoms with E-state index in [1.807, 2.05) is 31.2 Å². The van der Waals surface area contributed by atoms with E-state index in [2.05, 4.69) is 20.5 Å². The van der Waals surface area contributed by atoms with Crippen molar-refractivity contribution in [1.29, 1.82) is 0 Å². The van der Waals surface area contributed by atoms with Crippen LogP contribution in [0.25, 0.3) is 0 Å². The minimum atomic E-state index is -0.418. The zero-order valence-corrected chi connectivity index (χ0v) is 10.5. The Morgan fingerprint density at radius 1 is 1.47 bits per heavy atom. The first-order valence-corrected chi connectivity index (χ1v) is 5.85. The molecule has 0 fully saturated rings. The average Bonchev–Trinajstić information content (AvgIpc) is 2.40. The van der Waals surface area contributed by atoms with E-state index in [1.54, 1.807) is 12.3 Å². The molecule has 6 nitrogen and oxygen atoms in total. The van der Waals surface area contributed by atoms with Gasteiger partial charge < -0.3 is 4.74 Å². The SMILES string of the molecule is CCOc1cccc(/C=N\Nc2ccnc(=O)[nH]2)c1. The van der Waals surface area contributed by atoms with Crippen LogP contribution in [0, 0.1) is 0 Å². The predicted octanol–water partition coefficient (Wildman–Crippen LogP) is 1.61. The number of benzene rings is 1. The second-order valence-electron chi connectivity index (χ2n) is 3.66. The summed E-state index contributed by atoms with van der Waals surface area (Å²) in [7, 11) is 0. The minimum Gasteiger partial charge on any atom is -0.494 e. The van der Waals surface area contributed by atoms with Gasteiger partial charge in [0.1, 0.15) is 11.6 Å². The first-order chi connectivity index (χ1) is 9.28. The Kier molecular flexibility index (Phi) is 4.28. The molecule has 0 unspecified atom stereocenters. The maximum atomic E-state index is 11.0. The van der Waals surface area contributed by atoms with E-state index in [0.717, 1.165) is 11.3 Å². The van der Waals surface area contributed by atoms with Crippen LogP contribution >= 0.6 is 0 Å². The Morgan fingerprint density at radius 3 is 3.16 bits per heavy atom. The standard InChI is InChI=1S/C13H14N4O2/c1-2-19-11-5-3-4-10(8-11)9-15-17-12-6-7-14-13(18)16-12/h3-9H,2H2,1H3,(H2,14,16,17,18)/b15-9-. The molecule has 1 aromatic carbocycles. The minimum absolute atomic E-state index is 0.418. The van der Waals surface area contributed by atoms with Gasteiger partial charge in [0.2, 0.25) is 0 Å². The third-order valence-electron chi connectivity index (χ3n) is 2.24. The fourth-order valence-corrected chi connectivity index (χ4v) is 1.46. The van der Waals surface area contributed by atoms with Crippen molar-refractivity contribution in [2.45, 2.75) is 6.92 Å². The van der Waals surface area contributed by atoms with Gasteiger partial charge in [-0.15, -0.1) is 0 Å². The molecule has 1 aromatic heterocycles. The molecule has 0 aliphatic heterocycles. The number of nitrogens with one attached hydrogen (secondary N) is 2. The van der Waals surface area contributed by atoms with Gasteiger partial charge in [-0.1, -0.05) is 12.1 Å². The number of anilines is 1. The van der Waals surface area contributed by atoms with Gasteiger partial charge in [0, 0.05) is 6.20 Å². The zero-order chi connectivity index (χ0) is 13.5. The Bertz CT molecular complexity index is 622. The predicted molar refractivity (Wildman–Crippen MR) is 73.7 cm³/mol. The maximum Gasteiger partial charge on any atom is 0.346 e. The average molecular weight is 258 g/mol.